The molecule has 2 heteroatoms. The molecule has 0 fully saturated rings. The Balaban J connectivity index is 3.62. The molecule has 1 atom stereocenters. The van der Waals surface area contributed by atoms with Crippen molar-refractivity contribution in [2.75, 3.05) is 6.54 Å². The first kappa shape index (κ1) is 7.89. The predicted molar refractivity (Wildman–Crippen MR) is 33.4 cm³/mol. The zero-order valence-corrected chi connectivity index (χ0v) is 5.74. The van der Waals surface area contributed by atoms with Crippen molar-refractivity contribution in [1.82, 2.24) is 0 Å². The van der Waals surface area contributed by atoms with Gasteiger partial charge in [0, 0.05) is 6.54 Å². The molecule has 1 unspecified atom stereocenters. The Kier molecular flexibility index (Phi) is 2.41. The molecule has 0 aliphatic rings. The van der Waals surface area contributed by atoms with E-state index in [2.05, 4.69) is 0 Å². The molecular weight excluding hydrogens is 105 g/mol. The van der Waals surface area contributed by atoms with Crippen LogP contribution in [0.5, 0.6) is 0 Å². The van der Waals surface area contributed by atoms with E-state index in [1.54, 1.807) is 0 Å². The number of hydrogen-bond acceptors (Lipinski definition) is 1. The van der Waals surface area contributed by atoms with Crippen LogP contribution in [0.4, 0.5) is 4.39 Å². The number of nitrogens with two attached hydrogens (primary N) is 1. The van der Waals surface area contributed by atoms with Crippen molar-refractivity contribution in [2.45, 2.75) is 26.9 Å². The van der Waals surface area contributed by atoms with Crippen LogP contribution in [0.25, 0.3) is 0 Å². The fraction of sp³-hybridized carbons (Fsp3) is 1.00. The molecule has 0 spiro atoms. The summed E-state index contributed by atoms with van der Waals surface area (Å²) in [6, 6.07) is 0. The van der Waals surface area contributed by atoms with Gasteiger partial charge in [-0.15, -0.1) is 0 Å². The fourth-order valence-corrected chi connectivity index (χ4v) is 0.354. The van der Waals surface area contributed by atoms with Gasteiger partial charge in [-0.2, -0.15) is 0 Å². The zero-order chi connectivity index (χ0) is 6.78. The van der Waals surface area contributed by atoms with Crippen molar-refractivity contribution in [2.24, 2.45) is 11.1 Å². The molecule has 0 saturated carbocycles. The van der Waals surface area contributed by atoms with E-state index in [9.17, 15) is 4.39 Å². The van der Waals surface area contributed by atoms with Gasteiger partial charge in [0.15, 0.2) is 0 Å². The largest absolute Gasteiger partial charge is 0.328 e. The summed E-state index contributed by atoms with van der Waals surface area (Å²) in [7, 11) is 0. The first-order chi connectivity index (χ1) is 3.48. The summed E-state index contributed by atoms with van der Waals surface area (Å²) >= 11 is 0. The van der Waals surface area contributed by atoms with Crippen LogP contribution < -0.4 is 5.73 Å². The average Bonchev–Trinajstić information content (AvgIpc) is 1.62. The van der Waals surface area contributed by atoms with Crippen LogP contribution in [0.2, 0.25) is 0 Å². The van der Waals surface area contributed by atoms with Crippen molar-refractivity contribution in [3.63, 3.8) is 0 Å². The van der Waals surface area contributed by atoms with Gasteiger partial charge in [-0.1, -0.05) is 20.8 Å². The maximum atomic E-state index is 12.5. The Bertz CT molecular complexity index is 65.4. The minimum atomic E-state index is -0.873. The lowest BCUT2D eigenvalue weighted by atomic mass is 9.90. The average molecular weight is 119 g/mol. The van der Waals surface area contributed by atoms with Gasteiger partial charge in [0.25, 0.3) is 0 Å². The quantitative estimate of drug-likeness (QED) is 0.553. The van der Waals surface area contributed by atoms with E-state index < -0.39 is 6.17 Å². The Labute approximate surface area is 50.1 Å². The SMILES string of the molecule is CC(C)(C)C(F)CN. The molecule has 2 N–H and O–H groups in total. The first-order valence-electron chi connectivity index (χ1n) is 2.82. The van der Waals surface area contributed by atoms with Crippen LogP contribution in [0.1, 0.15) is 20.8 Å². The highest BCUT2D eigenvalue weighted by atomic mass is 19.1. The lowest BCUT2D eigenvalue weighted by molar-refractivity contribution is 0.170. The molecule has 0 rings (SSSR count). The summed E-state index contributed by atoms with van der Waals surface area (Å²) in [5, 5.41) is 0. The molecule has 0 aromatic carbocycles. The van der Waals surface area contributed by atoms with Gasteiger partial charge < -0.3 is 5.73 Å². The van der Waals surface area contributed by atoms with E-state index in [-0.39, 0.29) is 12.0 Å². The van der Waals surface area contributed by atoms with E-state index >= 15 is 0 Å². The third kappa shape index (κ3) is 2.26. The van der Waals surface area contributed by atoms with E-state index in [1.165, 1.54) is 0 Å². The van der Waals surface area contributed by atoms with Crippen molar-refractivity contribution < 1.29 is 4.39 Å². The topological polar surface area (TPSA) is 26.0 Å². The van der Waals surface area contributed by atoms with Crippen LogP contribution in [-0.2, 0) is 0 Å². The normalized spacial score (nSPS) is 16.1. The Morgan fingerprint density at radius 3 is 1.88 bits per heavy atom. The van der Waals surface area contributed by atoms with E-state index in [0.29, 0.717) is 0 Å². The number of hydrogen-bond donors (Lipinski definition) is 1. The highest BCUT2D eigenvalue weighted by molar-refractivity contribution is 4.72. The maximum absolute atomic E-state index is 12.5. The van der Waals surface area contributed by atoms with Crippen LogP contribution in [0.15, 0.2) is 0 Å². The van der Waals surface area contributed by atoms with Gasteiger partial charge in [0.2, 0.25) is 0 Å². The molecule has 0 bridgehead atoms. The van der Waals surface area contributed by atoms with E-state index in [0.717, 1.165) is 0 Å². The van der Waals surface area contributed by atoms with Crippen molar-refractivity contribution in [3.8, 4) is 0 Å². The molecule has 0 heterocycles. The Morgan fingerprint density at radius 2 is 1.88 bits per heavy atom. The third-order valence-corrected chi connectivity index (χ3v) is 1.15. The molecule has 8 heavy (non-hydrogen) atoms. The smallest absolute Gasteiger partial charge is 0.117 e. The van der Waals surface area contributed by atoms with Crippen LogP contribution >= 0.6 is 0 Å². The molecule has 0 aromatic rings. The molecular formula is C6H14FN. The maximum Gasteiger partial charge on any atom is 0.117 e. The zero-order valence-electron chi connectivity index (χ0n) is 5.74. The lowest BCUT2D eigenvalue weighted by Crippen LogP contribution is -2.29. The van der Waals surface area contributed by atoms with Crippen LogP contribution in [-0.4, -0.2) is 12.7 Å². The lowest BCUT2D eigenvalue weighted by Gasteiger charge is -2.21. The minimum Gasteiger partial charge on any atom is -0.328 e. The Hall–Kier alpha value is -0.110. The van der Waals surface area contributed by atoms with Gasteiger partial charge in [-0.05, 0) is 5.41 Å². The van der Waals surface area contributed by atoms with Crippen LogP contribution in [0.3, 0.4) is 0 Å². The van der Waals surface area contributed by atoms with Gasteiger partial charge >= 0.3 is 0 Å². The van der Waals surface area contributed by atoms with Crippen molar-refractivity contribution in [3.05, 3.63) is 0 Å². The van der Waals surface area contributed by atoms with Crippen molar-refractivity contribution >= 4 is 0 Å². The van der Waals surface area contributed by atoms with E-state index in [4.69, 9.17) is 5.73 Å². The highest BCUT2D eigenvalue weighted by Crippen LogP contribution is 2.20. The molecule has 0 radical (unpaired) electrons. The number of halogens is 1. The van der Waals surface area contributed by atoms with Gasteiger partial charge in [-0.3, -0.25) is 0 Å². The van der Waals surface area contributed by atoms with Crippen molar-refractivity contribution in [1.29, 1.82) is 0 Å². The second kappa shape index (κ2) is 2.44. The molecule has 0 amide bonds. The highest BCUT2D eigenvalue weighted by Gasteiger charge is 2.21. The van der Waals surface area contributed by atoms with Gasteiger partial charge in [0.1, 0.15) is 6.17 Å². The summed E-state index contributed by atoms with van der Waals surface area (Å²) in [6.07, 6.45) is -0.873. The third-order valence-electron chi connectivity index (χ3n) is 1.15. The molecule has 50 valence electrons. The van der Waals surface area contributed by atoms with Crippen LogP contribution in [0, 0.1) is 5.41 Å². The monoisotopic (exact) mass is 119 g/mol. The number of alkyl halides is 1. The van der Waals surface area contributed by atoms with Gasteiger partial charge in [0.05, 0.1) is 0 Å². The summed E-state index contributed by atoms with van der Waals surface area (Å²) in [5.74, 6) is 0. The summed E-state index contributed by atoms with van der Waals surface area (Å²) in [5.41, 5.74) is 4.80. The first-order valence-corrected chi connectivity index (χ1v) is 2.82. The summed E-state index contributed by atoms with van der Waals surface area (Å²) in [4.78, 5) is 0. The molecule has 0 saturated heterocycles. The summed E-state index contributed by atoms with van der Waals surface area (Å²) < 4.78 is 12.5. The minimum absolute atomic E-state index is 0.128. The number of rotatable bonds is 1. The standard InChI is InChI=1S/C6H14FN/c1-6(2,3)5(7)4-8/h5H,4,8H2,1-3H3. The molecule has 0 aromatic heterocycles. The Morgan fingerprint density at radius 1 is 1.50 bits per heavy atom. The molecule has 0 aliphatic heterocycles. The molecule has 0 aliphatic carbocycles. The summed E-state index contributed by atoms with van der Waals surface area (Å²) in [6.45, 7) is 5.64. The second-order valence-electron chi connectivity index (χ2n) is 3.07. The van der Waals surface area contributed by atoms with Gasteiger partial charge in [-0.25, -0.2) is 4.39 Å². The predicted octanol–water partition coefficient (Wildman–Crippen LogP) is 1.33. The second-order valence-corrected chi connectivity index (χ2v) is 3.07. The fourth-order valence-electron chi connectivity index (χ4n) is 0.354. The van der Waals surface area contributed by atoms with E-state index in [1.807, 2.05) is 20.8 Å². The molecule has 1 nitrogen and oxygen atoms in total.